The van der Waals surface area contributed by atoms with E-state index in [9.17, 15) is 4.79 Å². The molecule has 0 heterocycles. The Morgan fingerprint density at radius 2 is 2.06 bits per heavy atom. The molecule has 0 spiro atoms. The second kappa shape index (κ2) is 5.74. The van der Waals surface area contributed by atoms with E-state index in [1.807, 2.05) is 6.07 Å². The highest BCUT2D eigenvalue weighted by Crippen LogP contribution is 2.33. The fourth-order valence-electron chi connectivity index (χ4n) is 1.21. The molecule has 0 atom stereocenters. The Kier molecular flexibility index (Phi) is 4.60. The molecule has 5 heteroatoms. The third kappa shape index (κ3) is 3.13. The van der Waals surface area contributed by atoms with Crippen LogP contribution in [0.4, 0.5) is 0 Å². The van der Waals surface area contributed by atoms with Gasteiger partial charge in [-0.2, -0.15) is 0 Å². The van der Waals surface area contributed by atoms with Crippen LogP contribution in [0.15, 0.2) is 18.2 Å². The van der Waals surface area contributed by atoms with Crippen LogP contribution in [-0.2, 0) is 4.79 Å². The Labute approximate surface area is 108 Å². The summed E-state index contributed by atoms with van der Waals surface area (Å²) in [7, 11) is 3.15. The standard InChI is InChI=1S/C11H12INO3/c1-15-9-6-7(3-4-10(13)14)5-8(12)11(9)16-2/h3-6H,1-2H3,(H2,13,14). The lowest BCUT2D eigenvalue weighted by molar-refractivity contribution is -0.113. The predicted molar refractivity (Wildman–Crippen MR) is 70.5 cm³/mol. The van der Waals surface area contributed by atoms with Crippen molar-refractivity contribution in [2.24, 2.45) is 5.73 Å². The lowest BCUT2D eigenvalue weighted by Gasteiger charge is -2.10. The molecule has 4 nitrogen and oxygen atoms in total. The molecule has 1 amide bonds. The topological polar surface area (TPSA) is 61.5 Å². The number of methoxy groups -OCH3 is 2. The summed E-state index contributed by atoms with van der Waals surface area (Å²) in [6, 6.07) is 3.65. The minimum absolute atomic E-state index is 0.482. The minimum Gasteiger partial charge on any atom is -0.493 e. The second-order valence-corrected chi connectivity index (χ2v) is 4.14. The van der Waals surface area contributed by atoms with Crippen LogP contribution in [-0.4, -0.2) is 20.1 Å². The van der Waals surface area contributed by atoms with Crippen molar-refractivity contribution in [1.82, 2.24) is 0 Å². The minimum atomic E-state index is -0.482. The molecule has 0 bridgehead atoms. The fourth-order valence-corrected chi connectivity index (χ4v) is 2.06. The molecule has 1 aromatic carbocycles. The lowest BCUT2D eigenvalue weighted by Crippen LogP contribution is -2.05. The zero-order chi connectivity index (χ0) is 12.1. The first-order chi connectivity index (χ1) is 7.58. The van der Waals surface area contributed by atoms with E-state index < -0.39 is 5.91 Å². The normalized spacial score (nSPS) is 10.4. The lowest BCUT2D eigenvalue weighted by atomic mass is 10.2. The van der Waals surface area contributed by atoms with Crippen molar-refractivity contribution < 1.29 is 14.3 Å². The highest BCUT2D eigenvalue weighted by atomic mass is 127. The van der Waals surface area contributed by atoms with E-state index in [0.29, 0.717) is 11.5 Å². The molecule has 86 valence electrons. The molecule has 2 N–H and O–H groups in total. The van der Waals surface area contributed by atoms with Crippen LogP contribution >= 0.6 is 22.6 Å². The van der Waals surface area contributed by atoms with Gasteiger partial charge in [-0.1, -0.05) is 0 Å². The largest absolute Gasteiger partial charge is 0.493 e. The van der Waals surface area contributed by atoms with Crippen LogP contribution in [0.25, 0.3) is 6.08 Å². The number of carbonyl (C=O) groups excluding carboxylic acids is 1. The highest BCUT2D eigenvalue weighted by Gasteiger charge is 2.08. The van der Waals surface area contributed by atoms with Gasteiger partial charge in [0.1, 0.15) is 0 Å². The maximum absolute atomic E-state index is 10.6. The van der Waals surface area contributed by atoms with Crippen LogP contribution in [0.5, 0.6) is 11.5 Å². The Morgan fingerprint density at radius 1 is 1.38 bits per heavy atom. The third-order valence-corrected chi connectivity index (χ3v) is 2.70. The highest BCUT2D eigenvalue weighted by molar-refractivity contribution is 14.1. The summed E-state index contributed by atoms with van der Waals surface area (Å²) in [6.07, 6.45) is 2.93. The molecule has 0 aliphatic rings. The van der Waals surface area contributed by atoms with E-state index in [2.05, 4.69) is 22.6 Å². The zero-order valence-electron chi connectivity index (χ0n) is 8.99. The monoisotopic (exact) mass is 333 g/mol. The predicted octanol–water partition coefficient (Wildman–Crippen LogP) is 1.81. The number of rotatable bonds is 4. The van der Waals surface area contributed by atoms with Gasteiger partial charge in [0.15, 0.2) is 11.5 Å². The van der Waals surface area contributed by atoms with Crippen molar-refractivity contribution in [3.63, 3.8) is 0 Å². The molecule has 0 radical (unpaired) electrons. The van der Waals surface area contributed by atoms with E-state index in [1.54, 1.807) is 26.4 Å². The van der Waals surface area contributed by atoms with Gasteiger partial charge >= 0.3 is 0 Å². The summed E-state index contributed by atoms with van der Waals surface area (Å²) in [5.41, 5.74) is 5.86. The maximum Gasteiger partial charge on any atom is 0.241 e. The number of amides is 1. The van der Waals surface area contributed by atoms with E-state index in [1.165, 1.54) is 6.08 Å². The van der Waals surface area contributed by atoms with Gasteiger partial charge in [-0.3, -0.25) is 4.79 Å². The van der Waals surface area contributed by atoms with Crippen LogP contribution in [0, 0.1) is 3.57 Å². The van der Waals surface area contributed by atoms with Gasteiger partial charge in [0.25, 0.3) is 0 Å². The van der Waals surface area contributed by atoms with Gasteiger partial charge in [-0.15, -0.1) is 0 Å². The van der Waals surface area contributed by atoms with E-state index in [4.69, 9.17) is 15.2 Å². The first-order valence-corrected chi connectivity index (χ1v) is 5.55. The van der Waals surface area contributed by atoms with Crippen LogP contribution in [0.3, 0.4) is 0 Å². The molecule has 0 saturated heterocycles. The van der Waals surface area contributed by atoms with Gasteiger partial charge in [0.05, 0.1) is 17.8 Å². The van der Waals surface area contributed by atoms with Crippen molar-refractivity contribution >= 4 is 34.6 Å². The average Bonchev–Trinajstić information content (AvgIpc) is 2.25. The van der Waals surface area contributed by atoms with Crippen molar-refractivity contribution in [1.29, 1.82) is 0 Å². The fraction of sp³-hybridized carbons (Fsp3) is 0.182. The number of hydrogen-bond donors (Lipinski definition) is 1. The number of nitrogens with two attached hydrogens (primary N) is 1. The van der Waals surface area contributed by atoms with E-state index in [0.717, 1.165) is 9.13 Å². The van der Waals surface area contributed by atoms with Gasteiger partial charge in [-0.05, 0) is 46.4 Å². The SMILES string of the molecule is COc1cc(C=CC(N)=O)cc(I)c1OC. The molecule has 0 aliphatic heterocycles. The number of benzene rings is 1. The molecule has 0 fully saturated rings. The molecular weight excluding hydrogens is 321 g/mol. The molecule has 0 aromatic heterocycles. The van der Waals surface area contributed by atoms with Gasteiger partial charge in [0, 0.05) is 6.08 Å². The Bertz CT molecular complexity index is 429. The third-order valence-electron chi connectivity index (χ3n) is 1.90. The van der Waals surface area contributed by atoms with Crippen LogP contribution in [0.1, 0.15) is 5.56 Å². The van der Waals surface area contributed by atoms with Gasteiger partial charge in [0.2, 0.25) is 5.91 Å². The molecule has 16 heavy (non-hydrogen) atoms. The number of ether oxygens (including phenoxy) is 2. The maximum atomic E-state index is 10.6. The Morgan fingerprint density at radius 3 is 2.56 bits per heavy atom. The van der Waals surface area contributed by atoms with Gasteiger partial charge in [-0.25, -0.2) is 0 Å². The van der Waals surface area contributed by atoms with E-state index in [-0.39, 0.29) is 0 Å². The van der Waals surface area contributed by atoms with E-state index >= 15 is 0 Å². The smallest absolute Gasteiger partial charge is 0.241 e. The Hall–Kier alpha value is -1.24. The molecule has 0 unspecified atom stereocenters. The molecular formula is C11H12INO3. The first-order valence-electron chi connectivity index (χ1n) is 4.47. The summed E-state index contributed by atoms with van der Waals surface area (Å²) in [5.74, 6) is 0.822. The zero-order valence-corrected chi connectivity index (χ0v) is 11.1. The van der Waals surface area contributed by atoms with Crippen molar-refractivity contribution in [3.05, 3.63) is 27.3 Å². The summed E-state index contributed by atoms with van der Waals surface area (Å²) in [6.45, 7) is 0. The summed E-state index contributed by atoms with van der Waals surface area (Å²) in [4.78, 5) is 10.6. The number of halogens is 1. The molecule has 1 aromatic rings. The average molecular weight is 333 g/mol. The Balaban J connectivity index is 3.15. The van der Waals surface area contributed by atoms with Crippen LogP contribution in [0.2, 0.25) is 0 Å². The quantitative estimate of drug-likeness (QED) is 0.675. The van der Waals surface area contributed by atoms with Gasteiger partial charge < -0.3 is 15.2 Å². The summed E-state index contributed by atoms with van der Waals surface area (Å²) < 4.78 is 11.3. The van der Waals surface area contributed by atoms with Crippen molar-refractivity contribution in [2.75, 3.05) is 14.2 Å². The molecule has 0 saturated carbocycles. The summed E-state index contributed by atoms with van der Waals surface area (Å²) >= 11 is 2.14. The van der Waals surface area contributed by atoms with Crippen molar-refractivity contribution in [2.45, 2.75) is 0 Å². The first kappa shape index (κ1) is 12.8. The van der Waals surface area contributed by atoms with Crippen molar-refractivity contribution in [3.8, 4) is 11.5 Å². The van der Waals surface area contributed by atoms with Crippen LogP contribution < -0.4 is 15.2 Å². The number of primary amides is 1. The second-order valence-electron chi connectivity index (χ2n) is 2.97. The molecule has 1 rings (SSSR count). The number of hydrogen-bond acceptors (Lipinski definition) is 3. The molecule has 0 aliphatic carbocycles. The number of carbonyl (C=O) groups is 1. The summed E-state index contributed by atoms with van der Waals surface area (Å²) in [5, 5.41) is 0.